The molecular formula is C16H13F3N2O3S. The van der Waals surface area contributed by atoms with Crippen molar-refractivity contribution < 1.29 is 23.2 Å². The Bertz CT molecular complexity index is 954. The molecule has 1 aromatic carbocycles. The van der Waals surface area contributed by atoms with Crippen LogP contribution in [0.25, 0.3) is 21.3 Å². The number of halogens is 3. The zero-order valence-corrected chi connectivity index (χ0v) is 14.0. The van der Waals surface area contributed by atoms with Crippen molar-refractivity contribution in [1.29, 1.82) is 0 Å². The van der Waals surface area contributed by atoms with Crippen LogP contribution in [0.3, 0.4) is 0 Å². The van der Waals surface area contributed by atoms with E-state index in [0.29, 0.717) is 16.1 Å². The highest BCUT2D eigenvalue weighted by Gasteiger charge is 2.39. The maximum atomic E-state index is 13.2. The number of thiophene rings is 1. The molecule has 132 valence electrons. The molecule has 0 aliphatic carbocycles. The van der Waals surface area contributed by atoms with E-state index in [9.17, 15) is 28.4 Å². The van der Waals surface area contributed by atoms with E-state index in [1.807, 2.05) is 0 Å². The molecule has 5 nitrogen and oxygen atoms in total. The summed E-state index contributed by atoms with van der Waals surface area (Å²) in [7, 11) is 0. The van der Waals surface area contributed by atoms with Gasteiger partial charge in [-0.1, -0.05) is 6.07 Å². The number of fused-ring (bicyclic) bond motifs is 1. The lowest BCUT2D eigenvalue weighted by Gasteiger charge is -2.17. The third-order valence-electron chi connectivity index (χ3n) is 3.80. The molecule has 0 aliphatic rings. The summed E-state index contributed by atoms with van der Waals surface area (Å²) in [6.07, 6.45) is -4.86. The third-order valence-corrected chi connectivity index (χ3v) is 4.68. The summed E-state index contributed by atoms with van der Waals surface area (Å²) in [5, 5.41) is 23.6. The van der Waals surface area contributed by atoms with Gasteiger partial charge in [-0.25, -0.2) is 0 Å². The minimum atomic E-state index is -4.86. The predicted octanol–water partition coefficient (Wildman–Crippen LogP) is 5.05. The first-order valence-corrected chi connectivity index (χ1v) is 8.06. The van der Waals surface area contributed by atoms with Crippen molar-refractivity contribution in [2.45, 2.75) is 25.6 Å². The lowest BCUT2D eigenvalue weighted by molar-refractivity contribution is -0.387. The van der Waals surface area contributed by atoms with Crippen molar-refractivity contribution >= 4 is 27.9 Å². The molecule has 0 spiro atoms. The average Bonchev–Trinajstić information content (AvgIpc) is 3.10. The van der Waals surface area contributed by atoms with Crippen molar-refractivity contribution in [3.63, 3.8) is 0 Å². The average molecular weight is 370 g/mol. The smallest absolute Gasteiger partial charge is 0.384 e. The summed E-state index contributed by atoms with van der Waals surface area (Å²) in [5.41, 5.74) is -2.86. The summed E-state index contributed by atoms with van der Waals surface area (Å²) in [6, 6.07) is 5.14. The van der Waals surface area contributed by atoms with Crippen molar-refractivity contribution in [2.75, 3.05) is 0 Å². The van der Waals surface area contributed by atoms with E-state index in [1.54, 1.807) is 17.5 Å². The van der Waals surface area contributed by atoms with Gasteiger partial charge in [-0.15, -0.1) is 11.3 Å². The number of aromatic amines is 1. The number of nitrogens with zero attached hydrogens (tertiary/aromatic N) is 1. The number of rotatable bonds is 3. The normalized spacial score (nSPS) is 12.7. The third kappa shape index (κ3) is 3.00. The highest BCUT2D eigenvalue weighted by atomic mass is 32.1. The van der Waals surface area contributed by atoms with Crippen LogP contribution in [0.2, 0.25) is 0 Å². The Labute approximate surface area is 143 Å². The van der Waals surface area contributed by atoms with Gasteiger partial charge in [-0.05, 0) is 31.4 Å². The molecule has 0 saturated heterocycles. The van der Waals surface area contributed by atoms with Gasteiger partial charge in [0.05, 0.1) is 16.2 Å². The fourth-order valence-electron chi connectivity index (χ4n) is 2.74. The summed E-state index contributed by atoms with van der Waals surface area (Å²) >= 11 is 1.33. The number of hydrogen-bond acceptors (Lipinski definition) is 4. The first-order valence-electron chi connectivity index (χ1n) is 7.18. The molecule has 2 N–H and O–H groups in total. The summed E-state index contributed by atoms with van der Waals surface area (Å²) in [5.74, 6) is 0. The highest BCUT2D eigenvalue weighted by Crippen LogP contribution is 2.44. The Morgan fingerprint density at radius 2 is 1.96 bits per heavy atom. The second kappa shape index (κ2) is 5.57. The standard InChI is InChI=1S/C16H13F3N2O3S/c1-15(2,22)14-13(12-4-3-5-25-12)8-6-11(21(23)24)9(16(17,18)19)7-10(8)20-14/h3-7,20,22H,1-2H3. The fourth-order valence-corrected chi connectivity index (χ4v) is 3.53. The number of H-pyrrole nitrogens is 1. The molecule has 0 bridgehead atoms. The van der Waals surface area contributed by atoms with Gasteiger partial charge < -0.3 is 10.1 Å². The van der Waals surface area contributed by atoms with Gasteiger partial charge in [0, 0.05) is 27.4 Å². The fraction of sp³-hybridized carbons (Fsp3) is 0.250. The van der Waals surface area contributed by atoms with E-state index in [0.717, 1.165) is 12.1 Å². The molecule has 9 heteroatoms. The number of nitrogens with one attached hydrogen (secondary N) is 1. The second-order valence-corrected chi connectivity index (χ2v) is 7.03. The van der Waals surface area contributed by atoms with Crippen LogP contribution < -0.4 is 0 Å². The van der Waals surface area contributed by atoms with Crippen LogP contribution in [0.15, 0.2) is 29.6 Å². The Hall–Kier alpha value is -2.39. The maximum Gasteiger partial charge on any atom is 0.423 e. The minimum Gasteiger partial charge on any atom is -0.384 e. The van der Waals surface area contributed by atoms with Gasteiger partial charge in [-0.3, -0.25) is 10.1 Å². The van der Waals surface area contributed by atoms with E-state index in [1.165, 1.54) is 25.2 Å². The molecule has 0 unspecified atom stereocenters. The van der Waals surface area contributed by atoms with E-state index < -0.39 is 28.0 Å². The van der Waals surface area contributed by atoms with E-state index in [-0.39, 0.29) is 10.9 Å². The molecule has 0 radical (unpaired) electrons. The van der Waals surface area contributed by atoms with Crippen LogP contribution in [0.1, 0.15) is 25.1 Å². The molecule has 2 aromatic heterocycles. The molecule has 0 aliphatic heterocycles. The molecular weight excluding hydrogens is 357 g/mol. The predicted molar refractivity (Wildman–Crippen MR) is 88.5 cm³/mol. The van der Waals surface area contributed by atoms with Gasteiger partial charge in [0.1, 0.15) is 5.56 Å². The van der Waals surface area contributed by atoms with E-state index in [4.69, 9.17) is 0 Å². The van der Waals surface area contributed by atoms with Crippen molar-refractivity contribution in [3.8, 4) is 10.4 Å². The molecule has 0 saturated carbocycles. The van der Waals surface area contributed by atoms with Crippen molar-refractivity contribution in [3.05, 3.63) is 51.0 Å². The van der Waals surface area contributed by atoms with Crippen LogP contribution >= 0.6 is 11.3 Å². The van der Waals surface area contributed by atoms with Gasteiger partial charge >= 0.3 is 6.18 Å². The topological polar surface area (TPSA) is 79.2 Å². The van der Waals surface area contributed by atoms with E-state index >= 15 is 0 Å². The minimum absolute atomic E-state index is 0.0819. The van der Waals surface area contributed by atoms with Gasteiger partial charge in [0.15, 0.2) is 0 Å². The van der Waals surface area contributed by atoms with Crippen LogP contribution in [0.5, 0.6) is 0 Å². The molecule has 3 rings (SSSR count). The van der Waals surface area contributed by atoms with E-state index in [2.05, 4.69) is 4.98 Å². The van der Waals surface area contributed by atoms with Crippen LogP contribution in [-0.2, 0) is 11.8 Å². The first-order chi connectivity index (χ1) is 11.5. The molecule has 0 atom stereocenters. The number of hydrogen-bond donors (Lipinski definition) is 2. The number of nitro benzene ring substituents is 1. The lowest BCUT2D eigenvalue weighted by Crippen LogP contribution is -2.16. The molecule has 25 heavy (non-hydrogen) atoms. The summed E-state index contributed by atoms with van der Waals surface area (Å²) in [6.45, 7) is 2.99. The van der Waals surface area contributed by atoms with Gasteiger partial charge in [0.2, 0.25) is 0 Å². The largest absolute Gasteiger partial charge is 0.423 e. The number of alkyl halides is 3. The van der Waals surface area contributed by atoms with Crippen LogP contribution in [0, 0.1) is 10.1 Å². The maximum absolute atomic E-state index is 13.2. The van der Waals surface area contributed by atoms with Crippen molar-refractivity contribution in [1.82, 2.24) is 4.98 Å². The Kier molecular flexibility index (Phi) is 3.88. The lowest BCUT2D eigenvalue weighted by atomic mass is 9.98. The summed E-state index contributed by atoms with van der Waals surface area (Å²) in [4.78, 5) is 13.6. The quantitative estimate of drug-likeness (QED) is 0.500. The number of nitro groups is 1. The monoisotopic (exact) mass is 370 g/mol. The Morgan fingerprint density at radius 3 is 2.44 bits per heavy atom. The molecule has 0 fully saturated rings. The van der Waals surface area contributed by atoms with Crippen molar-refractivity contribution in [2.24, 2.45) is 0 Å². The summed E-state index contributed by atoms with van der Waals surface area (Å²) < 4.78 is 39.6. The highest BCUT2D eigenvalue weighted by molar-refractivity contribution is 7.13. The molecule has 3 aromatic rings. The van der Waals surface area contributed by atoms with Crippen LogP contribution in [0.4, 0.5) is 18.9 Å². The second-order valence-electron chi connectivity index (χ2n) is 6.08. The first kappa shape index (κ1) is 17.4. The number of aliphatic hydroxyl groups is 1. The zero-order chi connectivity index (χ0) is 18.6. The van der Waals surface area contributed by atoms with Gasteiger partial charge in [0.25, 0.3) is 5.69 Å². The molecule has 0 amide bonds. The van der Waals surface area contributed by atoms with Gasteiger partial charge in [-0.2, -0.15) is 13.2 Å². The Balaban J connectivity index is 2.44. The Morgan fingerprint density at radius 1 is 1.28 bits per heavy atom. The number of benzene rings is 1. The number of aromatic nitrogens is 1. The SMILES string of the molecule is CC(C)(O)c1[nH]c2cc(C(F)(F)F)c([N+](=O)[O-])cc2c1-c1cccs1. The van der Waals surface area contributed by atoms with Crippen LogP contribution in [-0.4, -0.2) is 15.0 Å². The molecule has 2 heterocycles. The zero-order valence-electron chi connectivity index (χ0n) is 13.1.